The molecule has 1 amide bonds. The van der Waals surface area contributed by atoms with Crippen molar-refractivity contribution in [1.29, 1.82) is 0 Å². The highest BCUT2D eigenvalue weighted by Gasteiger charge is 2.44. The third-order valence-corrected chi connectivity index (χ3v) is 3.40. The summed E-state index contributed by atoms with van der Waals surface area (Å²) in [6.45, 7) is 1.57. The summed E-state index contributed by atoms with van der Waals surface area (Å²) in [5.74, 6) is 0.658. The average Bonchev–Trinajstić information content (AvgIpc) is 2.59. The zero-order valence-corrected chi connectivity index (χ0v) is 7.90. The molecule has 0 unspecified atom stereocenters. The van der Waals surface area contributed by atoms with Crippen molar-refractivity contribution in [2.75, 3.05) is 0 Å². The molecule has 1 saturated heterocycles. The van der Waals surface area contributed by atoms with E-state index < -0.39 is 0 Å². The van der Waals surface area contributed by atoms with Gasteiger partial charge in [-0.15, -0.1) is 0 Å². The molecule has 2 rings (SSSR count). The van der Waals surface area contributed by atoms with Gasteiger partial charge in [-0.05, 0) is 25.2 Å². The molecular weight excluding hydrogens is 166 g/mol. The third-order valence-electron chi connectivity index (χ3n) is 3.40. The Bertz CT molecular complexity index is 239. The minimum absolute atomic E-state index is 0.0616. The summed E-state index contributed by atoms with van der Waals surface area (Å²) in [4.78, 5) is 23.9. The normalized spacial score (nSPS) is 37.6. The van der Waals surface area contributed by atoms with Gasteiger partial charge in [-0.3, -0.25) is 4.79 Å². The lowest BCUT2D eigenvalue weighted by atomic mass is 10.0. The van der Waals surface area contributed by atoms with E-state index in [-0.39, 0.29) is 11.9 Å². The molecule has 1 saturated carbocycles. The van der Waals surface area contributed by atoms with Crippen LogP contribution in [-0.2, 0) is 9.59 Å². The summed E-state index contributed by atoms with van der Waals surface area (Å²) < 4.78 is 0. The Morgan fingerprint density at radius 3 is 2.85 bits per heavy atom. The number of likely N-dealkylation sites (tertiary alicyclic amines) is 1. The van der Waals surface area contributed by atoms with E-state index in [1.54, 1.807) is 11.8 Å². The molecule has 2 fully saturated rings. The highest BCUT2D eigenvalue weighted by molar-refractivity contribution is 5.78. The lowest BCUT2D eigenvalue weighted by molar-refractivity contribution is -0.134. The number of hydrogen-bond donors (Lipinski definition) is 0. The maximum absolute atomic E-state index is 11.3. The molecule has 2 aliphatic rings. The van der Waals surface area contributed by atoms with Crippen LogP contribution < -0.4 is 0 Å². The molecule has 72 valence electrons. The highest BCUT2D eigenvalue weighted by atomic mass is 16.2. The van der Waals surface area contributed by atoms with Gasteiger partial charge in [-0.25, -0.2) is 0 Å². The van der Waals surface area contributed by atoms with Gasteiger partial charge in [0, 0.05) is 13.0 Å². The van der Waals surface area contributed by atoms with E-state index in [4.69, 9.17) is 0 Å². The van der Waals surface area contributed by atoms with Gasteiger partial charge in [0.2, 0.25) is 5.91 Å². The van der Waals surface area contributed by atoms with Crippen LogP contribution in [-0.4, -0.2) is 29.2 Å². The maximum Gasteiger partial charge on any atom is 0.220 e. The molecule has 3 atom stereocenters. The van der Waals surface area contributed by atoms with Crippen LogP contribution in [0, 0.1) is 5.92 Å². The van der Waals surface area contributed by atoms with E-state index in [0.717, 1.165) is 19.1 Å². The van der Waals surface area contributed by atoms with E-state index in [1.165, 1.54) is 12.8 Å². The van der Waals surface area contributed by atoms with E-state index in [1.807, 2.05) is 0 Å². The monoisotopic (exact) mass is 181 g/mol. The van der Waals surface area contributed by atoms with E-state index in [9.17, 15) is 9.59 Å². The number of hydrogen-bond acceptors (Lipinski definition) is 2. The first-order valence-corrected chi connectivity index (χ1v) is 4.98. The minimum Gasteiger partial charge on any atom is -0.330 e. The van der Waals surface area contributed by atoms with Gasteiger partial charge in [0.1, 0.15) is 6.29 Å². The Hall–Kier alpha value is -0.860. The van der Waals surface area contributed by atoms with Gasteiger partial charge in [0.05, 0.1) is 6.04 Å². The van der Waals surface area contributed by atoms with Crippen molar-refractivity contribution >= 4 is 12.2 Å². The van der Waals surface area contributed by atoms with E-state index in [0.29, 0.717) is 12.0 Å². The minimum atomic E-state index is -0.132. The fourth-order valence-electron chi connectivity index (χ4n) is 2.92. The number of carbonyl (C=O) groups is 2. The molecule has 0 aromatic rings. The SMILES string of the molecule is CC(=O)N1[C@@H]2CCC[C@@H]2C[C@@H]1C=O. The van der Waals surface area contributed by atoms with Gasteiger partial charge >= 0.3 is 0 Å². The summed E-state index contributed by atoms with van der Waals surface area (Å²) in [7, 11) is 0. The molecule has 3 nitrogen and oxygen atoms in total. The Balaban J connectivity index is 2.19. The third kappa shape index (κ3) is 1.26. The largest absolute Gasteiger partial charge is 0.330 e. The van der Waals surface area contributed by atoms with Crippen LogP contribution in [0.15, 0.2) is 0 Å². The van der Waals surface area contributed by atoms with Crippen LogP contribution in [0.2, 0.25) is 0 Å². The Labute approximate surface area is 78.1 Å². The molecule has 1 aliphatic carbocycles. The number of aldehydes is 1. The van der Waals surface area contributed by atoms with Gasteiger partial charge in [0.25, 0.3) is 0 Å². The van der Waals surface area contributed by atoms with Crippen LogP contribution in [0.5, 0.6) is 0 Å². The molecule has 0 bridgehead atoms. The summed E-state index contributed by atoms with van der Waals surface area (Å²) in [5, 5.41) is 0. The summed E-state index contributed by atoms with van der Waals surface area (Å²) in [6, 6.07) is 0.237. The average molecular weight is 181 g/mol. The zero-order valence-electron chi connectivity index (χ0n) is 7.90. The van der Waals surface area contributed by atoms with Crippen LogP contribution in [0.4, 0.5) is 0 Å². The Morgan fingerprint density at radius 1 is 1.46 bits per heavy atom. The van der Waals surface area contributed by atoms with Gasteiger partial charge in [-0.1, -0.05) is 6.42 Å². The van der Waals surface area contributed by atoms with E-state index >= 15 is 0 Å². The van der Waals surface area contributed by atoms with Gasteiger partial charge in [-0.2, -0.15) is 0 Å². The number of amides is 1. The van der Waals surface area contributed by atoms with Gasteiger partial charge in [0.15, 0.2) is 0 Å². The fraction of sp³-hybridized carbons (Fsp3) is 0.800. The van der Waals surface area contributed by atoms with E-state index in [2.05, 4.69) is 0 Å². The first-order chi connectivity index (χ1) is 6.24. The molecule has 13 heavy (non-hydrogen) atoms. The summed E-state index contributed by atoms with van der Waals surface area (Å²) in [5.41, 5.74) is 0. The van der Waals surface area contributed by atoms with Crippen molar-refractivity contribution in [3.63, 3.8) is 0 Å². The smallest absolute Gasteiger partial charge is 0.220 e. The summed E-state index contributed by atoms with van der Waals surface area (Å²) in [6.07, 6.45) is 5.32. The van der Waals surface area contributed by atoms with Crippen LogP contribution in [0.3, 0.4) is 0 Å². The second-order valence-corrected chi connectivity index (χ2v) is 4.12. The second-order valence-electron chi connectivity index (χ2n) is 4.12. The number of nitrogens with zero attached hydrogens (tertiary/aromatic N) is 1. The number of carbonyl (C=O) groups excluding carboxylic acids is 2. The molecule has 1 heterocycles. The molecule has 1 aliphatic heterocycles. The highest BCUT2D eigenvalue weighted by Crippen LogP contribution is 2.40. The zero-order chi connectivity index (χ0) is 9.42. The quantitative estimate of drug-likeness (QED) is 0.565. The lowest BCUT2D eigenvalue weighted by Crippen LogP contribution is -2.40. The van der Waals surface area contributed by atoms with Crippen molar-refractivity contribution < 1.29 is 9.59 Å². The first-order valence-electron chi connectivity index (χ1n) is 4.98. The van der Waals surface area contributed by atoms with Crippen molar-refractivity contribution in [3.8, 4) is 0 Å². The first kappa shape index (κ1) is 8.73. The van der Waals surface area contributed by atoms with Crippen LogP contribution in [0.1, 0.15) is 32.6 Å². The number of fused-ring (bicyclic) bond motifs is 1. The fourth-order valence-corrected chi connectivity index (χ4v) is 2.92. The van der Waals surface area contributed by atoms with Crippen molar-refractivity contribution in [1.82, 2.24) is 4.90 Å². The van der Waals surface area contributed by atoms with Crippen molar-refractivity contribution in [3.05, 3.63) is 0 Å². The Kier molecular flexibility index (Phi) is 2.10. The van der Waals surface area contributed by atoms with Crippen molar-refractivity contribution in [2.24, 2.45) is 5.92 Å². The topological polar surface area (TPSA) is 37.4 Å². The molecule has 0 aromatic heterocycles. The van der Waals surface area contributed by atoms with Crippen LogP contribution >= 0.6 is 0 Å². The number of rotatable bonds is 1. The predicted molar refractivity (Wildman–Crippen MR) is 48.1 cm³/mol. The summed E-state index contributed by atoms with van der Waals surface area (Å²) >= 11 is 0. The standard InChI is InChI=1S/C10H15NO2/c1-7(13)11-9(6-12)5-8-3-2-4-10(8)11/h6,8-10H,2-5H2,1H3/t8-,9-,10-/m1/s1. The maximum atomic E-state index is 11.3. The van der Waals surface area contributed by atoms with Crippen LogP contribution in [0.25, 0.3) is 0 Å². The molecule has 0 N–H and O–H groups in total. The molecule has 0 aromatic carbocycles. The molecule has 3 heteroatoms. The molecule has 0 spiro atoms. The van der Waals surface area contributed by atoms with Gasteiger partial charge < -0.3 is 9.69 Å². The van der Waals surface area contributed by atoms with Crippen molar-refractivity contribution in [2.45, 2.75) is 44.7 Å². The molecule has 0 radical (unpaired) electrons. The second kappa shape index (κ2) is 3.13. The lowest BCUT2D eigenvalue weighted by Gasteiger charge is -2.25. The Morgan fingerprint density at radius 2 is 2.23 bits per heavy atom. The predicted octanol–water partition coefficient (Wildman–Crippen LogP) is 0.975. The molecular formula is C10H15NO2.